The molecule has 3 heterocycles. The van der Waals surface area contributed by atoms with Crippen LogP contribution in [0.2, 0.25) is 0 Å². The summed E-state index contributed by atoms with van der Waals surface area (Å²) in [5.41, 5.74) is 4.88. The monoisotopic (exact) mass is 986 g/mol. The summed E-state index contributed by atoms with van der Waals surface area (Å²) in [6, 6.07) is 20.8. The number of carbonyl (C=O) groups excluding carboxylic acids is 5. The van der Waals surface area contributed by atoms with Crippen molar-refractivity contribution in [2.45, 2.75) is 78.7 Å². The molecule has 3 aliphatic rings. The Kier molecular flexibility index (Phi) is 18.0. The van der Waals surface area contributed by atoms with Gasteiger partial charge in [-0.25, -0.2) is 9.37 Å². The van der Waals surface area contributed by atoms with Gasteiger partial charge in [-0.05, 0) is 83.2 Å². The molecule has 3 aromatic rings. The molecule has 2 aromatic carbocycles. The topological polar surface area (TPSA) is 244 Å². The number of carbonyl (C=O) groups is 5. The molecule has 2 aliphatic heterocycles. The molecule has 0 spiro atoms. The zero-order valence-electron chi connectivity index (χ0n) is 40.2. The summed E-state index contributed by atoms with van der Waals surface area (Å²) < 4.78 is 42.3. The largest absolute Gasteiger partial charge is 0.492 e. The zero-order valence-corrected chi connectivity index (χ0v) is 41.0. The lowest BCUT2D eigenvalue weighted by Gasteiger charge is -2.35. The van der Waals surface area contributed by atoms with Gasteiger partial charge < -0.3 is 44.8 Å². The van der Waals surface area contributed by atoms with E-state index in [4.69, 9.17) is 9.25 Å². The number of nitrogens with zero attached hydrogens (tertiary/aromatic N) is 5. The van der Waals surface area contributed by atoms with Crippen LogP contribution in [0.4, 0.5) is 5.69 Å². The lowest BCUT2D eigenvalue weighted by molar-refractivity contribution is -0.145. The van der Waals surface area contributed by atoms with Gasteiger partial charge in [0.25, 0.3) is 16.0 Å². The molecule has 70 heavy (non-hydrogen) atoms. The minimum Gasteiger partial charge on any atom is -0.492 e. The number of unbranched alkanes of at least 4 members (excludes halogenated alkanes) is 2. The highest BCUT2D eigenvalue weighted by Crippen LogP contribution is 2.42. The summed E-state index contributed by atoms with van der Waals surface area (Å²) in [5, 5.41) is 25.9. The first kappa shape index (κ1) is 52.4. The number of amides is 4. The van der Waals surface area contributed by atoms with E-state index in [-0.39, 0.29) is 56.9 Å². The second kappa shape index (κ2) is 24.1. The number of hydrogen-bond donors (Lipinski definition) is 5. The summed E-state index contributed by atoms with van der Waals surface area (Å²) in [7, 11) is -4.67. The third-order valence-corrected chi connectivity index (χ3v) is 13.2. The van der Waals surface area contributed by atoms with Crippen LogP contribution < -0.4 is 30.3 Å². The van der Waals surface area contributed by atoms with Crippen LogP contribution >= 0.6 is 0 Å². The molecular formula is C50H64N7O12S+. The Labute approximate surface area is 407 Å². The molecule has 0 unspecified atom stereocenters. The number of rotatable bonds is 22. The molecule has 0 radical (unpaired) electrons. The van der Waals surface area contributed by atoms with E-state index in [0.717, 1.165) is 71.4 Å². The van der Waals surface area contributed by atoms with Crippen molar-refractivity contribution < 1.29 is 56.4 Å². The molecule has 0 saturated carbocycles. The molecule has 20 heteroatoms. The highest BCUT2D eigenvalue weighted by molar-refractivity contribution is 7.85. The molecule has 1 atom stereocenters. The average Bonchev–Trinajstić information content (AvgIpc) is 3.66. The first-order valence-electron chi connectivity index (χ1n) is 23.9. The fraction of sp³-hybridized carbons (Fsp3) is 0.440. The minimum atomic E-state index is -4.67. The maximum Gasteiger partial charge on any atom is 0.333 e. The van der Waals surface area contributed by atoms with E-state index in [1.165, 1.54) is 0 Å². The Morgan fingerprint density at radius 2 is 1.44 bits per heavy atom. The van der Waals surface area contributed by atoms with Crippen molar-refractivity contribution >= 4 is 56.4 Å². The summed E-state index contributed by atoms with van der Waals surface area (Å²) in [6.45, 7) is 13.1. The normalized spacial score (nSPS) is 13.3. The van der Waals surface area contributed by atoms with Gasteiger partial charge in [0, 0.05) is 117 Å². The van der Waals surface area contributed by atoms with Gasteiger partial charge in [-0.2, -0.15) is 8.42 Å². The van der Waals surface area contributed by atoms with Crippen LogP contribution in [0.15, 0.2) is 77.2 Å². The number of nitrogens with one attached hydrogen (secondary N) is 2. The number of hydrogen-bond acceptors (Lipinski definition) is 12. The number of anilines is 1. The molecule has 19 nitrogen and oxygen atoms in total. The Bertz CT molecular complexity index is 2800. The van der Waals surface area contributed by atoms with Crippen LogP contribution in [0.3, 0.4) is 0 Å². The molecule has 1 aromatic heterocycles. The summed E-state index contributed by atoms with van der Waals surface area (Å²) >= 11 is 0. The molecular weight excluding hydrogens is 923 g/mol. The number of fused-ring (bicyclic) bond motifs is 2. The predicted octanol–water partition coefficient (Wildman–Crippen LogP) is 4.23. The maximum atomic E-state index is 14.5. The lowest BCUT2D eigenvalue weighted by Crippen LogP contribution is -2.50. The van der Waals surface area contributed by atoms with Gasteiger partial charge in [0.15, 0.2) is 0 Å². The fourth-order valence-corrected chi connectivity index (χ4v) is 9.35. The highest BCUT2D eigenvalue weighted by atomic mass is 32.2. The van der Waals surface area contributed by atoms with Crippen molar-refractivity contribution in [2.75, 3.05) is 69.6 Å². The van der Waals surface area contributed by atoms with Crippen LogP contribution in [-0.4, -0.2) is 138 Å². The fourth-order valence-electron chi connectivity index (χ4n) is 8.70. The summed E-state index contributed by atoms with van der Waals surface area (Å²) in [6.07, 6.45) is 0.937. The Morgan fingerprint density at radius 1 is 0.786 bits per heavy atom. The predicted molar refractivity (Wildman–Crippen MR) is 264 cm³/mol. The molecule has 0 bridgehead atoms. The number of aromatic hydroxyl groups is 2. The molecule has 376 valence electrons. The average molecular weight is 987 g/mol. The zero-order chi connectivity index (χ0) is 50.5. The molecule has 1 aliphatic carbocycles. The Morgan fingerprint density at radius 3 is 2.11 bits per heavy atom. The maximum absolute atomic E-state index is 14.5. The van der Waals surface area contributed by atoms with E-state index in [1.54, 1.807) is 9.80 Å². The first-order valence-corrected chi connectivity index (χ1v) is 25.5. The van der Waals surface area contributed by atoms with Crippen molar-refractivity contribution in [1.29, 1.82) is 0 Å². The number of aromatic nitrogens is 1. The van der Waals surface area contributed by atoms with Gasteiger partial charge in [-0.15, -0.1) is 4.73 Å². The van der Waals surface area contributed by atoms with Crippen LogP contribution in [0, 0.1) is 0 Å². The molecule has 1 saturated heterocycles. The standard InChI is InChI=1S/C50H63N7O12S/c1-5-53(6-2)34-20-22-38-41(31-34)68-42-32-35(54(7-3)8-4)21-23-39(42)48(38)36-15-9-10-16-37(36)50(64)56-29-27-55(28-30-56)44(59)18-12-11-17-43(58)52-40(33-70(65,66)67)49(63)51-26-14-13-19-47(62)69-57-45(60)24-25-46(57)61/h9-10,15-16,20-25,31-32,40H,5-8,11-14,17-19,26-30,33H2,1-4H3,(H4,51,52,58,63,64,65,66,67)/p+1/t40-/m0/s1. The van der Waals surface area contributed by atoms with Gasteiger partial charge in [-0.1, -0.05) is 18.2 Å². The van der Waals surface area contributed by atoms with E-state index >= 15 is 0 Å². The smallest absolute Gasteiger partial charge is 0.333 e. The molecule has 6 rings (SSSR count). The van der Waals surface area contributed by atoms with Gasteiger partial charge in [0.1, 0.15) is 36.2 Å². The van der Waals surface area contributed by atoms with Gasteiger partial charge >= 0.3 is 5.97 Å². The third kappa shape index (κ3) is 13.2. The highest BCUT2D eigenvalue weighted by Gasteiger charge is 2.29. The summed E-state index contributed by atoms with van der Waals surface area (Å²) in [4.78, 5) is 76.0. The van der Waals surface area contributed by atoms with Crippen molar-refractivity contribution in [3.63, 3.8) is 0 Å². The van der Waals surface area contributed by atoms with E-state index in [2.05, 4.69) is 84.2 Å². The first-order chi connectivity index (χ1) is 33.5. The number of piperazine rings is 1. The van der Waals surface area contributed by atoms with E-state index < -0.39 is 51.5 Å². The second-order valence-corrected chi connectivity index (χ2v) is 18.5. The Balaban J connectivity index is 1.02. The van der Waals surface area contributed by atoms with Crippen LogP contribution in [0.25, 0.3) is 33.4 Å². The van der Waals surface area contributed by atoms with Crippen LogP contribution in [-0.2, 0) is 29.3 Å². The van der Waals surface area contributed by atoms with Crippen molar-refractivity contribution in [1.82, 2.24) is 29.7 Å². The second-order valence-electron chi connectivity index (χ2n) is 17.0. The summed E-state index contributed by atoms with van der Waals surface area (Å²) in [5.74, 6) is -3.86. The van der Waals surface area contributed by atoms with Crippen molar-refractivity contribution in [3.05, 3.63) is 83.7 Å². The van der Waals surface area contributed by atoms with E-state index in [1.807, 2.05) is 24.3 Å². The van der Waals surface area contributed by atoms with E-state index in [9.17, 15) is 47.2 Å². The van der Waals surface area contributed by atoms with E-state index in [0.29, 0.717) is 54.2 Å². The third-order valence-electron chi connectivity index (χ3n) is 12.5. The van der Waals surface area contributed by atoms with Crippen molar-refractivity contribution in [3.8, 4) is 34.2 Å². The SMILES string of the molecule is CCN(CC)c1ccc2c(-c3ccccc3C(=O)N3CCN(C(=O)CCCCC(=O)N[C@@H](CS(=O)(=O)O)C(=O)NCCCCC(=O)On4c(O)ccc4O)CC3)c3ccc(=[N+](CC)CC)cc-3oc2c1. The van der Waals surface area contributed by atoms with Gasteiger partial charge in [-0.3, -0.25) is 23.7 Å². The number of benzene rings is 3. The van der Waals surface area contributed by atoms with Gasteiger partial charge in [0.2, 0.25) is 34.8 Å². The molecule has 4 amide bonds. The molecule has 5 N–H and O–H groups in total. The van der Waals surface area contributed by atoms with Crippen molar-refractivity contribution in [2.24, 2.45) is 0 Å². The lowest BCUT2D eigenvalue weighted by atomic mass is 9.90. The van der Waals surface area contributed by atoms with Crippen LogP contribution in [0.1, 0.15) is 83.0 Å². The molecule has 1 fully saturated rings. The minimum absolute atomic E-state index is 0.00223. The van der Waals surface area contributed by atoms with Gasteiger partial charge in [0.05, 0.1) is 6.07 Å². The van der Waals surface area contributed by atoms with Crippen LogP contribution in [0.5, 0.6) is 11.8 Å². The quantitative estimate of drug-likeness (QED) is 0.0283. The Hall–Kier alpha value is -6.93.